The molecule has 0 saturated carbocycles. The highest BCUT2D eigenvalue weighted by Gasteiger charge is 2.47. The average molecular weight is 1900 g/mol. The molecule has 4 aliphatic heterocycles. The topological polar surface area (TPSA) is 195 Å². The number of Topliss-reactive ketones (excluding diaryl/α,β-unsaturated/α-hetero) is 2. The van der Waals surface area contributed by atoms with E-state index in [2.05, 4.69) is 155 Å². The van der Waals surface area contributed by atoms with E-state index in [0.717, 1.165) is 231 Å². The van der Waals surface area contributed by atoms with Crippen molar-refractivity contribution in [2.45, 2.75) is 398 Å². The second kappa shape index (κ2) is 67.2. The van der Waals surface area contributed by atoms with Crippen LogP contribution in [0.25, 0.3) is 0 Å². The summed E-state index contributed by atoms with van der Waals surface area (Å²) in [6, 6.07) is 23.1. The van der Waals surface area contributed by atoms with Crippen LogP contribution in [-0.4, -0.2) is 133 Å². The smallest absolute Gasteiger partial charge is 0.236 e. The first kappa shape index (κ1) is 116. The van der Waals surface area contributed by atoms with Crippen molar-refractivity contribution in [2.75, 3.05) is 52.9 Å². The van der Waals surface area contributed by atoms with Gasteiger partial charge in [0.1, 0.15) is 61.6 Å². The zero-order chi connectivity index (χ0) is 98.7. The first-order valence-electron chi connectivity index (χ1n) is 52.3. The molecule has 8 unspecified atom stereocenters. The minimum atomic E-state index is -2.15. The highest BCUT2D eigenvalue weighted by atomic mass is 28.4. The number of fused-ring (bicyclic) bond motifs is 2. The summed E-state index contributed by atoms with van der Waals surface area (Å²) >= 11 is 0. The molecule has 4 aromatic carbocycles. The lowest BCUT2D eigenvalue weighted by atomic mass is 9.78. The van der Waals surface area contributed by atoms with Gasteiger partial charge in [-0.05, 0) is 249 Å². The van der Waals surface area contributed by atoms with Gasteiger partial charge in [0, 0.05) is 79.9 Å². The Balaban J connectivity index is 0.000000250. The maximum Gasteiger partial charge on any atom is 0.236 e. The van der Waals surface area contributed by atoms with Gasteiger partial charge in [0.25, 0.3) is 0 Å². The zero-order valence-electron chi connectivity index (χ0n) is 85.5. The van der Waals surface area contributed by atoms with Gasteiger partial charge in [-0.1, -0.05) is 255 Å². The SMILES string of the molecule is C=CCOc1cccc(C(=O)C#CCCC(CCCCC)OC2CCCCO2)c1CC=C.C=CCOc1cccc(C(O)C#CCCC(CCCCC)OC2CCCCO2)c1CC=C.C=CCOc1cccc([C@@H](O)C#CCC[C@H](CCCCC)OC2CCCCO2)c1CC=C.C=CCOc1cccc2c1CC1CC(=O)C(CC[C@@H](CCCCC)OC3CCCCO3)=C1[C@@H]2O[Si](C)(C)C(C)(C)C. The average Bonchev–Trinajstić information content (AvgIpc) is 1.61. The molecule has 0 aromatic heterocycles. The Labute approximate surface area is 828 Å². The number of ether oxygens (including phenoxy) is 12. The molecule has 10 rings (SSSR count). The standard InChI is InChI=1S/C35H54O5Si.2C28H40O4.C28H38O4/c1-8-10-11-15-26(39-32-18-12-13-22-38-32)19-20-28-30(36)24-25-23-29-27(16-14-17-31(29)37-21-9-2)34(33(25)28)40-41(6,7)35(3,4)5;3*1-4-7-8-15-23(32-28-20-11-12-22-31-28)16-9-10-18-26(29)24-17-13-19-27(30-21-6-3)25(24)14-5-2/h9,14,16-17,25-26,32,34H,2,8,10-13,15,18-24H2,1,3-7H3;2*5-6,13,17,19,23,26,28-29H,2-4,7-9,11-12,14-16,20-22H2,1H3;5-6,13,17,19,23,28H,2-4,7-9,11-12,14-16,20-22H2,1H3/t25?,26-,32?,34-;23-,26-,28?;;/m10../s1. The quantitative estimate of drug-likeness (QED) is 0.0106. The highest BCUT2D eigenvalue weighted by molar-refractivity contribution is 6.74. The molecular weight excluding hydrogens is 1730 g/mol. The van der Waals surface area contributed by atoms with Crippen molar-refractivity contribution in [1.29, 1.82) is 0 Å². The van der Waals surface area contributed by atoms with Crippen molar-refractivity contribution in [1.82, 2.24) is 0 Å². The molecule has 2 aliphatic carbocycles. The lowest BCUT2D eigenvalue weighted by Crippen LogP contribution is -2.43. The van der Waals surface area contributed by atoms with Gasteiger partial charge in [0.2, 0.25) is 5.78 Å². The van der Waals surface area contributed by atoms with E-state index < -0.39 is 20.5 Å². The normalized spacial score (nSPS) is 19.2. The summed E-state index contributed by atoms with van der Waals surface area (Å²) in [7, 11) is -2.15. The van der Waals surface area contributed by atoms with Crippen LogP contribution in [0, 0.1) is 41.4 Å². The molecule has 137 heavy (non-hydrogen) atoms. The Bertz CT molecular complexity index is 4330. The molecule has 0 radical (unpaired) electrons. The van der Waals surface area contributed by atoms with E-state index in [9.17, 15) is 19.8 Å². The third-order valence-corrected chi connectivity index (χ3v) is 30.8. The number of carbonyl (C=O) groups is 2. The van der Waals surface area contributed by atoms with E-state index in [0.29, 0.717) is 82.7 Å². The van der Waals surface area contributed by atoms with Crippen molar-refractivity contribution in [3.63, 3.8) is 0 Å². The third-order valence-electron chi connectivity index (χ3n) is 26.4. The van der Waals surface area contributed by atoms with E-state index in [1.54, 1.807) is 36.4 Å². The maximum absolute atomic E-state index is 13.7. The van der Waals surface area contributed by atoms with E-state index >= 15 is 0 Å². The van der Waals surface area contributed by atoms with Crippen LogP contribution in [0.15, 0.2) is 173 Å². The Morgan fingerprint density at radius 1 is 0.453 bits per heavy atom. The molecule has 6 aliphatic rings. The third kappa shape index (κ3) is 41.5. The first-order chi connectivity index (χ1) is 66.6. The lowest BCUT2D eigenvalue weighted by Gasteiger charge is -2.43. The molecule has 0 amide bonds. The van der Waals surface area contributed by atoms with Gasteiger partial charge in [-0.3, -0.25) is 9.59 Å². The van der Waals surface area contributed by atoms with Crippen molar-refractivity contribution in [3.8, 4) is 58.5 Å². The number of ketones is 2. The van der Waals surface area contributed by atoms with Gasteiger partial charge in [0.15, 0.2) is 39.3 Å². The molecule has 4 aromatic rings. The van der Waals surface area contributed by atoms with E-state index in [-0.39, 0.29) is 78.2 Å². The van der Waals surface area contributed by atoms with Crippen molar-refractivity contribution < 1.29 is 81.1 Å². The molecule has 18 heteroatoms. The van der Waals surface area contributed by atoms with Crippen LogP contribution in [0.3, 0.4) is 0 Å². The van der Waals surface area contributed by atoms with Crippen LogP contribution >= 0.6 is 0 Å². The lowest BCUT2D eigenvalue weighted by molar-refractivity contribution is -0.190. The number of hydrogen-bond donors (Lipinski definition) is 2. The second-order valence-corrected chi connectivity index (χ2v) is 43.0. The number of hydrogen-bond acceptors (Lipinski definition) is 17. The fraction of sp³-hybridized carbons (Fsp3) is 0.597. The zero-order valence-corrected chi connectivity index (χ0v) is 86.5. The number of aliphatic hydroxyl groups is 2. The number of allylic oxidation sites excluding steroid dienone is 4. The first-order valence-corrected chi connectivity index (χ1v) is 55.2. The molecule has 0 bridgehead atoms. The molecule has 4 fully saturated rings. The molecule has 754 valence electrons. The molecule has 2 N–H and O–H groups in total. The number of rotatable bonds is 56. The van der Waals surface area contributed by atoms with Crippen LogP contribution < -0.4 is 18.9 Å². The molecule has 4 saturated heterocycles. The molecule has 0 spiro atoms. The van der Waals surface area contributed by atoms with Crippen LogP contribution in [0.4, 0.5) is 0 Å². The maximum atomic E-state index is 13.7. The summed E-state index contributed by atoms with van der Waals surface area (Å²) in [5.74, 6) is 21.6. The monoisotopic (exact) mass is 1900 g/mol. The van der Waals surface area contributed by atoms with E-state index in [1.807, 2.05) is 66.7 Å². The summed E-state index contributed by atoms with van der Waals surface area (Å²) in [6.07, 6.45) is 51.1. The van der Waals surface area contributed by atoms with Crippen LogP contribution in [0.5, 0.6) is 23.0 Å². The fourth-order valence-electron chi connectivity index (χ4n) is 17.9. The van der Waals surface area contributed by atoms with Gasteiger partial charge in [0.05, 0.1) is 30.5 Å². The Morgan fingerprint density at radius 3 is 1.20 bits per heavy atom. The van der Waals surface area contributed by atoms with Gasteiger partial charge in [-0.15, -0.1) is 31.6 Å². The van der Waals surface area contributed by atoms with Crippen molar-refractivity contribution in [3.05, 3.63) is 217 Å². The van der Waals surface area contributed by atoms with Gasteiger partial charge in [-0.2, -0.15) is 0 Å². The summed E-state index contributed by atoms with van der Waals surface area (Å²) in [6.45, 7) is 51.6. The fourth-order valence-corrected chi connectivity index (χ4v) is 19.1. The number of aliphatic hydroxyl groups excluding tert-OH is 2. The number of benzene rings is 4. The van der Waals surface area contributed by atoms with E-state index in [4.69, 9.17) is 61.3 Å². The largest absolute Gasteiger partial charge is 0.489 e. The van der Waals surface area contributed by atoms with Gasteiger partial charge >= 0.3 is 0 Å². The summed E-state index contributed by atoms with van der Waals surface area (Å²) in [5, 5.41) is 21.5. The number of unbranched alkanes of at least 4 members (excludes halogenated alkanes) is 8. The second-order valence-electron chi connectivity index (χ2n) is 38.3. The predicted molar refractivity (Wildman–Crippen MR) is 560 cm³/mol. The van der Waals surface area contributed by atoms with Gasteiger partial charge in [-0.25, -0.2) is 0 Å². The summed E-state index contributed by atoms with van der Waals surface area (Å²) in [5.41, 5.74) is 9.35. The van der Waals surface area contributed by atoms with Crippen molar-refractivity contribution in [2.24, 2.45) is 5.92 Å². The molecule has 17 nitrogen and oxygen atoms in total. The summed E-state index contributed by atoms with van der Waals surface area (Å²) in [4.78, 5) is 26.5. The molecule has 4 heterocycles. The van der Waals surface area contributed by atoms with Crippen LogP contribution in [0.1, 0.15) is 354 Å². The van der Waals surface area contributed by atoms with Crippen LogP contribution in [0.2, 0.25) is 18.1 Å². The Hall–Kier alpha value is -8.20. The Kier molecular flexibility index (Phi) is 56.8. The van der Waals surface area contributed by atoms with Crippen LogP contribution in [-0.2, 0) is 72.8 Å². The molecular formula is C119H172O17Si. The molecule has 12 atom stereocenters. The van der Waals surface area contributed by atoms with Gasteiger partial charge < -0.3 is 71.5 Å². The number of carbonyl (C=O) groups excluding carboxylic acids is 2. The van der Waals surface area contributed by atoms with Crippen molar-refractivity contribution >= 4 is 19.9 Å². The minimum Gasteiger partial charge on any atom is -0.489 e. The Morgan fingerprint density at radius 2 is 0.818 bits per heavy atom. The summed E-state index contributed by atoms with van der Waals surface area (Å²) < 4.78 is 79.0. The highest BCUT2D eigenvalue weighted by Crippen LogP contribution is 2.53. The predicted octanol–water partition coefficient (Wildman–Crippen LogP) is 28.0. The van der Waals surface area contributed by atoms with E-state index in [1.165, 1.54) is 80.9 Å². The minimum absolute atomic E-state index is 0.0542.